The van der Waals surface area contributed by atoms with Crippen LogP contribution >= 0.6 is 0 Å². The van der Waals surface area contributed by atoms with Crippen LogP contribution in [0, 0.1) is 5.92 Å². The average Bonchev–Trinajstić information content (AvgIpc) is 3.08. The minimum absolute atomic E-state index is 0.0372. The first kappa shape index (κ1) is 24.4. The zero-order valence-electron chi connectivity index (χ0n) is 19.3. The molecular weight excluding hydrogens is 352 g/mol. The van der Waals surface area contributed by atoms with Gasteiger partial charge in [0.1, 0.15) is 0 Å². The minimum atomic E-state index is -1.88. The summed E-state index contributed by atoms with van der Waals surface area (Å²) in [5, 5.41) is 7.34. The Bertz CT molecular complexity index is 487. The summed E-state index contributed by atoms with van der Waals surface area (Å²) in [6.07, 6.45) is 8.27. The molecule has 0 spiro atoms. The number of rotatable bonds is 10. The Morgan fingerprint density at radius 3 is 2.30 bits per heavy atom. The fourth-order valence-electron chi connectivity index (χ4n) is 3.65. The van der Waals surface area contributed by atoms with Gasteiger partial charge in [-0.05, 0) is 43.8 Å². The summed E-state index contributed by atoms with van der Waals surface area (Å²) >= 11 is 0. The molecule has 0 aromatic heterocycles. The van der Waals surface area contributed by atoms with E-state index in [1.54, 1.807) is 0 Å². The molecule has 158 valence electrons. The van der Waals surface area contributed by atoms with E-state index in [0.29, 0.717) is 6.04 Å². The van der Waals surface area contributed by atoms with Crippen LogP contribution in [0.3, 0.4) is 0 Å². The Kier molecular flexibility index (Phi) is 8.76. The molecular formula is C22H44N2O2Si. The lowest BCUT2D eigenvalue weighted by Gasteiger charge is -2.41. The zero-order valence-corrected chi connectivity index (χ0v) is 20.3. The van der Waals surface area contributed by atoms with Crippen LogP contribution < -0.4 is 0 Å². The minimum Gasteiger partial charge on any atom is -0.408 e. The van der Waals surface area contributed by atoms with Crippen molar-refractivity contribution in [3.8, 4) is 0 Å². The van der Waals surface area contributed by atoms with E-state index in [-0.39, 0.29) is 22.7 Å². The van der Waals surface area contributed by atoms with Crippen LogP contribution in [0.2, 0.25) is 18.1 Å². The van der Waals surface area contributed by atoms with E-state index in [2.05, 4.69) is 66.2 Å². The standard InChI is InChI=1S/C22H44N2O2Si/c1-11-18(4)19(26-27(9,10)21(5,6)7)17-23-24-16-14-15-20(24)22(12-2,13-3)25-8/h11,17-20H,1,12-16H2,2-10H3/b23-17+/t18-,19-,20-/m0/s1. The summed E-state index contributed by atoms with van der Waals surface area (Å²) in [4.78, 5) is 0. The fraction of sp³-hybridized carbons (Fsp3) is 0.864. The highest BCUT2D eigenvalue weighted by Gasteiger charge is 2.42. The first-order chi connectivity index (χ1) is 12.5. The third-order valence-corrected chi connectivity index (χ3v) is 11.4. The van der Waals surface area contributed by atoms with Crippen molar-refractivity contribution in [3.63, 3.8) is 0 Å². The summed E-state index contributed by atoms with van der Waals surface area (Å²) in [6, 6.07) is 0.335. The summed E-state index contributed by atoms with van der Waals surface area (Å²) in [6.45, 7) is 23.0. The van der Waals surface area contributed by atoms with Crippen LogP contribution in [0.4, 0.5) is 0 Å². The van der Waals surface area contributed by atoms with E-state index >= 15 is 0 Å². The molecule has 1 aliphatic rings. The van der Waals surface area contributed by atoms with Crippen molar-refractivity contribution in [3.05, 3.63) is 12.7 Å². The van der Waals surface area contributed by atoms with E-state index in [1.165, 1.54) is 0 Å². The molecule has 1 rings (SSSR count). The van der Waals surface area contributed by atoms with Crippen molar-refractivity contribution < 1.29 is 9.16 Å². The summed E-state index contributed by atoms with van der Waals surface area (Å²) in [5.74, 6) is 0.230. The Hall–Kier alpha value is -0.653. The fourth-order valence-corrected chi connectivity index (χ4v) is 4.96. The normalized spacial score (nSPS) is 21.7. The smallest absolute Gasteiger partial charge is 0.192 e. The molecule has 3 atom stereocenters. The van der Waals surface area contributed by atoms with Gasteiger partial charge in [-0.25, -0.2) is 0 Å². The Labute approximate surface area is 169 Å². The summed E-state index contributed by atoms with van der Waals surface area (Å²) in [7, 11) is -0.0367. The first-order valence-corrected chi connectivity index (χ1v) is 13.5. The molecule has 27 heavy (non-hydrogen) atoms. The maximum Gasteiger partial charge on any atom is 0.192 e. The van der Waals surface area contributed by atoms with Crippen LogP contribution in [0.25, 0.3) is 0 Å². The predicted molar refractivity (Wildman–Crippen MR) is 120 cm³/mol. The monoisotopic (exact) mass is 396 g/mol. The number of hydrogen-bond donors (Lipinski definition) is 0. The lowest BCUT2D eigenvalue weighted by Crippen LogP contribution is -2.49. The van der Waals surface area contributed by atoms with Gasteiger partial charge in [0, 0.05) is 19.6 Å². The number of ether oxygens (including phenoxy) is 1. The van der Waals surface area contributed by atoms with Crippen molar-refractivity contribution in [1.29, 1.82) is 0 Å². The van der Waals surface area contributed by atoms with Crippen molar-refractivity contribution in [1.82, 2.24) is 5.01 Å². The SMILES string of the molecule is C=C[C@H](C)[C@H](/C=N/N1CCC[C@H]1C(CC)(CC)OC)O[Si](C)(C)C(C)(C)C. The maximum atomic E-state index is 6.68. The molecule has 0 unspecified atom stereocenters. The van der Waals surface area contributed by atoms with Gasteiger partial charge < -0.3 is 9.16 Å². The van der Waals surface area contributed by atoms with E-state index in [0.717, 1.165) is 32.2 Å². The van der Waals surface area contributed by atoms with E-state index in [4.69, 9.17) is 14.3 Å². The van der Waals surface area contributed by atoms with Gasteiger partial charge in [0.2, 0.25) is 0 Å². The molecule has 0 aliphatic carbocycles. The van der Waals surface area contributed by atoms with Crippen molar-refractivity contribution >= 4 is 14.5 Å². The maximum absolute atomic E-state index is 6.68. The second kappa shape index (κ2) is 9.70. The van der Waals surface area contributed by atoms with Gasteiger partial charge in [-0.2, -0.15) is 5.10 Å². The van der Waals surface area contributed by atoms with E-state index in [9.17, 15) is 0 Å². The third kappa shape index (κ3) is 5.67. The second-order valence-corrected chi connectivity index (χ2v) is 14.3. The molecule has 5 heteroatoms. The molecule has 1 fully saturated rings. The molecule has 0 bridgehead atoms. The molecule has 0 N–H and O–H groups in total. The van der Waals surface area contributed by atoms with E-state index in [1.807, 2.05) is 19.4 Å². The van der Waals surface area contributed by atoms with Gasteiger partial charge in [-0.15, -0.1) is 6.58 Å². The van der Waals surface area contributed by atoms with Gasteiger partial charge in [0.25, 0.3) is 0 Å². The van der Waals surface area contributed by atoms with Crippen LogP contribution in [0.1, 0.15) is 67.2 Å². The number of hydrazone groups is 1. The first-order valence-electron chi connectivity index (χ1n) is 10.6. The average molecular weight is 397 g/mol. The van der Waals surface area contributed by atoms with Crippen molar-refractivity contribution in [2.24, 2.45) is 11.0 Å². The van der Waals surface area contributed by atoms with E-state index < -0.39 is 8.32 Å². The lowest BCUT2D eigenvalue weighted by atomic mass is 9.87. The molecule has 4 nitrogen and oxygen atoms in total. The predicted octanol–water partition coefficient (Wildman–Crippen LogP) is 5.85. The van der Waals surface area contributed by atoms with Gasteiger partial charge in [0.05, 0.1) is 24.0 Å². The Morgan fingerprint density at radius 2 is 1.85 bits per heavy atom. The second-order valence-electron chi connectivity index (χ2n) is 9.50. The third-order valence-electron chi connectivity index (χ3n) is 6.92. The summed E-state index contributed by atoms with van der Waals surface area (Å²) < 4.78 is 12.7. The van der Waals surface area contributed by atoms with Gasteiger partial charge in [0.15, 0.2) is 8.32 Å². The van der Waals surface area contributed by atoms with Gasteiger partial charge in [-0.1, -0.05) is 47.6 Å². The molecule has 0 aromatic rings. The van der Waals surface area contributed by atoms with Crippen molar-refractivity contribution in [2.75, 3.05) is 13.7 Å². The Morgan fingerprint density at radius 1 is 1.26 bits per heavy atom. The highest BCUT2D eigenvalue weighted by Crippen LogP contribution is 2.38. The highest BCUT2D eigenvalue weighted by molar-refractivity contribution is 6.74. The van der Waals surface area contributed by atoms with Crippen LogP contribution in [-0.2, 0) is 9.16 Å². The number of nitrogens with zero attached hydrogens (tertiary/aromatic N) is 2. The van der Waals surface area contributed by atoms with Crippen molar-refractivity contribution in [2.45, 2.75) is 103 Å². The van der Waals surface area contributed by atoms with Crippen LogP contribution in [0.15, 0.2) is 17.8 Å². The summed E-state index contributed by atoms with van der Waals surface area (Å²) in [5.41, 5.74) is -0.117. The van der Waals surface area contributed by atoms with Gasteiger partial charge in [-0.3, -0.25) is 5.01 Å². The molecule has 0 amide bonds. The molecule has 1 aliphatic heterocycles. The molecule has 1 saturated heterocycles. The quantitative estimate of drug-likeness (QED) is 0.264. The molecule has 1 heterocycles. The zero-order chi connectivity index (χ0) is 20.9. The van der Waals surface area contributed by atoms with Gasteiger partial charge >= 0.3 is 0 Å². The topological polar surface area (TPSA) is 34.1 Å². The van der Waals surface area contributed by atoms with Crippen LogP contribution in [-0.4, -0.2) is 50.9 Å². The molecule has 0 radical (unpaired) electrons. The number of hydrogen-bond acceptors (Lipinski definition) is 4. The highest BCUT2D eigenvalue weighted by atomic mass is 28.4. The largest absolute Gasteiger partial charge is 0.408 e. The van der Waals surface area contributed by atoms with Crippen LogP contribution in [0.5, 0.6) is 0 Å². The lowest BCUT2D eigenvalue weighted by molar-refractivity contribution is -0.0732. The molecule has 0 aromatic carbocycles. The molecule has 0 saturated carbocycles. The Balaban J connectivity index is 3.04. The number of methoxy groups -OCH3 is 1.